The monoisotopic (exact) mass is 449 g/mol. The molecule has 5 aromatic rings. The van der Waals surface area contributed by atoms with E-state index in [-0.39, 0.29) is 0 Å². The molecule has 31 heavy (non-hydrogen) atoms. The zero-order valence-electron chi connectivity index (χ0n) is 16.5. The average Bonchev–Trinajstić information content (AvgIpc) is 3.41. The highest BCUT2D eigenvalue weighted by Gasteiger charge is 2.17. The van der Waals surface area contributed by atoms with Gasteiger partial charge in [0.2, 0.25) is 0 Å². The van der Waals surface area contributed by atoms with Gasteiger partial charge in [-0.1, -0.05) is 35.3 Å². The molecule has 0 bridgehead atoms. The number of anilines is 1. The molecule has 2 N–H and O–H groups in total. The Morgan fingerprint density at radius 3 is 2.77 bits per heavy atom. The number of halogens is 2. The summed E-state index contributed by atoms with van der Waals surface area (Å²) in [5, 5.41) is 8.50. The van der Waals surface area contributed by atoms with Crippen LogP contribution >= 0.6 is 23.2 Å². The fourth-order valence-electron chi connectivity index (χ4n) is 3.36. The van der Waals surface area contributed by atoms with Gasteiger partial charge in [-0.15, -0.1) is 0 Å². The number of aryl methyl sites for hydroxylation is 1. The third-order valence-electron chi connectivity index (χ3n) is 4.84. The Hall–Kier alpha value is -3.42. The van der Waals surface area contributed by atoms with Gasteiger partial charge in [0.05, 0.1) is 39.4 Å². The van der Waals surface area contributed by atoms with Gasteiger partial charge in [0.15, 0.2) is 5.65 Å². The highest BCUT2D eigenvalue weighted by molar-refractivity contribution is 6.43. The largest absolute Gasteiger partial charge is 0.377 e. The number of fused-ring (bicyclic) bond motifs is 1. The number of rotatable bonds is 5. The SMILES string of the molecule is Cc1cccc(-c2[nH]c(CNc3cccc(Cl)c3Cl)nc2-c2ccc3ncnn3c2)n1. The molecule has 0 amide bonds. The molecule has 9 heteroatoms. The average molecular weight is 450 g/mol. The fraction of sp³-hybridized carbons (Fsp3) is 0.0909. The van der Waals surface area contributed by atoms with Crippen molar-refractivity contribution in [1.82, 2.24) is 29.5 Å². The van der Waals surface area contributed by atoms with Crippen molar-refractivity contribution in [2.45, 2.75) is 13.5 Å². The molecule has 7 nitrogen and oxygen atoms in total. The molecule has 0 saturated heterocycles. The molecule has 4 aromatic heterocycles. The molecule has 0 unspecified atom stereocenters. The molecule has 0 fully saturated rings. The summed E-state index contributed by atoms with van der Waals surface area (Å²) in [6.07, 6.45) is 3.43. The first-order valence-electron chi connectivity index (χ1n) is 9.59. The first-order valence-corrected chi connectivity index (χ1v) is 10.3. The van der Waals surface area contributed by atoms with Crippen LogP contribution in [0.15, 0.2) is 61.1 Å². The second-order valence-electron chi connectivity index (χ2n) is 7.01. The van der Waals surface area contributed by atoms with E-state index < -0.39 is 0 Å². The Morgan fingerprint density at radius 1 is 1.03 bits per heavy atom. The van der Waals surface area contributed by atoms with Crippen LogP contribution in [0.3, 0.4) is 0 Å². The quantitative estimate of drug-likeness (QED) is 0.374. The lowest BCUT2D eigenvalue weighted by Gasteiger charge is -2.07. The van der Waals surface area contributed by atoms with Crippen molar-refractivity contribution in [3.05, 3.63) is 82.6 Å². The van der Waals surface area contributed by atoms with Gasteiger partial charge in [0.1, 0.15) is 12.2 Å². The van der Waals surface area contributed by atoms with E-state index in [0.717, 1.165) is 45.5 Å². The van der Waals surface area contributed by atoms with E-state index in [0.29, 0.717) is 16.6 Å². The normalized spacial score (nSPS) is 11.2. The van der Waals surface area contributed by atoms with Crippen molar-refractivity contribution in [2.24, 2.45) is 0 Å². The van der Waals surface area contributed by atoms with Gasteiger partial charge in [-0.05, 0) is 43.3 Å². The van der Waals surface area contributed by atoms with E-state index in [9.17, 15) is 0 Å². The molecule has 4 heterocycles. The van der Waals surface area contributed by atoms with Gasteiger partial charge in [0.25, 0.3) is 0 Å². The summed E-state index contributed by atoms with van der Waals surface area (Å²) in [5.41, 5.74) is 5.77. The van der Waals surface area contributed by atoms with E-state index in [1.165, 1.54) is 6.33 Å². The van der Waals surface area contributed by atoms with Crippen LogP contribution in [0.4, 0.5) is 5.69 Å². The number of aromatic amines is 1. The van der Waals surface area contributed by atoms with Crippen molar-refractivity contribution >= 4 is 34.5 Å². The Kier molecular flexibility index (Phi) is 5.05. The molecule has 0 radical (unpaired) electrons. The molecular weight excluding hydrogens is 433 g/mol. The minimum Gasteiger partial charge on any atom is -0.377 e. The number of H-pyrrole nitrogens is 1. The molecule has 0 aliphatic heterocycles. The maximum Gasteiger partial charge on any atom is 0.155 e. The number of imidazole rings is 1. The van der Waals surface area contributed by atoms with Crippen molar-refractivity contribution in [2.75, 3.05) is 5.32 Å². The lowest BCUT2D eigenvalue weighted by Crippen LogP contribution is -2.02. The van der Waals surface area contributed by atoms with Crippen LogP contribution in [-0.2, 0) is 6.54 Å². The Morgan fingerprint density at radius 2 is 1.90 bits per heavy atom. The number of aromatic nitrogens is 6. The third kappa shape index (κ3) is 3.85. The Bertz CT molecular complexity index is 1390. The van der Waals surface area contributed by atoms with Crippen LogP contribution in [0.5, 0.6) is 0 Å². The van der Waals surface area contributed by atoms with E-state index in [1.54, 1.807) is 10.6 Å². The summed E-state index contributed by atoms with van der Waals surface area (Å²) in [6.45, 7) is 2.40. The van der Waals surface area contributed by atoms with Crippen LogP contribution < -0.4 is 5.32 Å². The Balaban J connectivity index is 1.55. The van der Waals surface area contributed by atoms with Crippen LogP contribution in [-0.4, -0.2) is 29.5 Å². The number of pyridine rings is 2. The predicted octanol–water partition coefficient (Wildman–Crippen LogP) is 5.41. The number of benzene rings is 1. The van der Waals surface area contributed by atoms with E-state index >= 15 is 0 Å². The summed E-state index contributed by atoms with van der Waals surface area (Å²) in [7, 11) is 0. The van der Waals surface area contributed by atoms with Gasteiger partial charge in [-0.2, -0.15) is 5.10 Å². The lowest BCUT2D eigenvalue weighted by atomic mass is 10.1. The van der Waals surface area contributed by atoms with E-state index in [2.05, 4.69) is 25.4 Å². The molecular formula is C22H17Cl2N7. The molecule has 0 spiro atoms. The highest BCUT2D eigenvalue weighted by atomic mass is 35.5. The van der Waals surface area contributed by atoms with Crippen molar-refractivity contribution < 1.29 is 0 Å². The molecule has 0 aliphatic rings. The summed E-state index contributed by atoms with van der Waals surface area (Å²) < 4.78 is 1.72. The Labute approximate surface area is 188 Å². The van der Waals surface area contributed by atoms with Gasteiger partial charge in [-0.25, -0.2) is 14.5 Å². The molecule has 5 rings (SSSR count). The van der Waals surface area contributed by atoms with Gasteiger partial charge in [0, 0.05) is 17.5 Å². The van der Waals surface area contributed by atoms with Crippen LogP contribution in [0.1, 0.15) is 11.5 Å². The molecule has 0 atom stereocenters. The van der Waals surface area contributed by atoms with Crippen molar-refractivity contribution in [3.8, 4) is 22.6 Å². The van der Waals surface area contributed by atoms with Crippen LogP contribution in [0.25, 0.3) is 28.3 Å². The second-order valence-corrected chi connectivity index (χ2v) is 7.79. The van der Waals surface area contributed by atoms with E-state index in [4.69, 9.17) is 28.2 Å². The van der Waals surface area contributed by atoms with Crippen molar-refractivity contribution in [1.29, 1.82) is 0 Å². The summed E-state index contributed by atoms with van der Waals surface area (Å²) in [6, 6.07) is 15.3. The fourth-order valence-corrected chi connectivity index (χ4v) is 3.73. The first-order chi connectivity index (χ1) is 15.1. The standard InChI is InChI=1S/C22H17Cl2N7/c1-13-4-2-7-17(28-13)22-21(14-8-9-19-26-12-27-31(19)11-14)29-18(30-22)10-25-16-6-3-5-15(23)20(16)24/h2-9,11-12,25H,10H2,1H3,(H,29,30). The van der Waals surface area contributed by atoms with Gasteiger partial charge >= 0.3 is 0 Å². The summed E-state index contributed by atoms with van der Waals surface area (Å²) in [5.74, 6) is 0.739. The molecule has 1 aromatic carbocycles. The van der Waals surface area contributed by atoms with Gasteiger partial charge < -0.3 is 10.3 Å². The maximum absolute atomic E-state index is 6.30. The smallest absolute Gasteiger partial charge is 0.155 e. The molecule has 0 saturated carbocycles. The molecule has 154 valence electrons. The summed E-state index contributed by atoms with van der Waals surface area (Å²) >= 11 is 12.4. The maximum atomic E-state index is 6.30. The second kappa shape index (κ2) is 8.02. The first kappa shape index (κ1) is 19.5. The predicted molar refractivity (Wildman–Crippen MR) is 122 cm³/mol. The highest BCUT2D eigenvalue weighted by Crippen LogP contribution is 2.32. The van der Waals surface area contributed by atoms with Gasteiger partial charge in [-0.3, -0.25) is 4.98 Å². The zero-order valence-corrected chi connectivity index (χ0v) is 18.0. The number of hydrogen-bond donors (Lipinski definition) is 2. The number of nitrogens with one attached hydrogen (secondary N) is 2. The molecule has 0 aliphatic carbocycles. The minimum atomic E-state index is 0.435. The zero-order chi connectivity index (χ0) is 21.4. The van der Waals surface area contributed by atoms with Crippen LogP contribution in [0, 0.1) is 6.92 Å². The summed E-state index contributed by atoms with van der Waals surface area (Å²) in [4.78, 5) is 17.1. The van der Waals surface area contributed by atoms with Crippen molar-refractivity contribution in [3.63, 3.8) is 0 Å². The third-order valence-corrected chi connectivity index (χ3v) is 5.66. The lowest BCUT2D eigenvalue weighted by molar-refractivity contribution is 0.960. The number of nitrogens with zero attached hydrogens (tertiary/aromatic N) is 5. The topological polar surface area (TPSA) is 83.8 Å². The number of hydrogen-bond acceptors (Lipinski definition) is 5. The van der Waals surface area contributed by atoms with E-state index in [1.807, 2.05) is 55.6 Å². The van der Waals surface area contributed by atoms with Crippen LogP contribution in [0.2, 0.25) is 10.0 Å². The minimum absolute atomic E-state index is 0.435.